The average Bonchev–Trinajstić information content (AvgIpc) is 1.86. The molecule has 4 heteroatoms. The first-order valence-electron chi connectivity index (χ1n) is 3.08. The molecular formula is C5H13AlO2P+. The van der Waals surface area contributed by atoms with Gasteiger partial charge in [0.2, 0.25) is 0 Å². The first-order valence-corrected chi connectivity index (χ1v) is 5.81. The van der Waals surface area contributed by atoms with E-state index in [1.165, 1.54) is 18.1 Å². The molecule has 0 rings (SSSR count). The Labute approximate surface area is 64.7 Å². The maximum absolute atomic E-state index is 8.46. The van der Waals surface area contributed by atoms with Crippen molar-refractivity contribution in [2.45, 2.75) is 30.8 Å². The summed E-state index contributed by atoms with van der Waals surface area (Å²) in [7, 11) is -0.833. The zero-order chi connectivity index (χ0) is 7.54. The largest absolute Gasteiger partial charge is 0.324 e. The maximum Gasteiger partial charge on any atom is 0.324 e. The molecule has 0 aliphatic carbocycles. The van der Waals surface area contributed by atoms with Crippen LogP contribution in [0.3, 0.4) is 0 Å². The van der Waals surface area contributed by atoms with E-state index in [1.807, 2.05) is 0 Å². The minimum Gasteiger partial charge on any atom is -0.310 e. The van der Waals surface area contributed by atoms with Crippen molar-refractivity contribution in [2.75, 3.05) is 0 Å². The van der Waals surface area contributed by atoms with Gasteiger partial charge in [0, 0.05) is 0 Å². The standard InChI is InChI=1S/C4H9.CH3.Al.HO2P/c1-3-4-2;;;1-3-2/h1,3-4H2,2H3;1H3;;(H,1,2)/q;;+1;. The van der Waals surface area contributed by atoms with Crippen molar-refractivity contribution in [2.24, 2.45) is 0 Å². The van der Waals surface area contributed by atoms with Crippen molar-refractivity contribution < 1.29 is 9.46 Å². The van der Waals surface area contributed by atoms with Gasteiger partial charge >= 0.3 is 54.7 Å². The van der Waals surface area contributed by atoms with Crippen LogP contribution >= 0.6 is 8.69 Å². The second-order valence-electron chi connectivity index (χ2n) is 1.63. The average molecular weight is 163 g/mol. The van der Waals surface area contributed by atoms with Crippen molar-refractivity contribution >= 4 is 23.9 Å². The minimum atomic E-state index is -0.833. The molecule has 0 saturated heterocycles. The van der Waals surface area contributed by atoms with E-state index in [4.69, 9.17) is 9.46 Å². The number of rotatable bonds is 3. The molecule has 0 radical (unpaired) electrons. The molecule has 0 unspecified atom stereocenters. The normalized spacial score (nSPS) is 7.44. The molecule has 0 aromatic rings. The molecule has 1 N–H and O–H groups in total. The van der Waals surface area contributed by atoms with Gasteiger partial charge in [-0.1, -0.05) is 0 Å². The Morgan fingerprint density at radius 1 is 1.67 bits per heavy atom. The van der Waals surface area contributed by atoms with Crippen LogP contribution in [0, 0.1) is 0 Å². The fourth-order valence-electron chi connectivity index (χ4n) is 0.408. The maximum atomic E-state index is 8.46. The summed E-state index contributed by atoms with van der Waals surface area (Å²) in [5.41, 5.74) is 0. The summed E-state index contributed by atoms with van der Waals surface area (Å²) in [6, 6.07) is 0. The van der Waals surface area contributed by atoms with Gasteiger partial charge in [-0.2, -0.15) is 0 Å². The van der Waals surface area contributed by atoms with Gasteiger partial charge in [0.1, 0.15) is 0 Å². The fourth-order valence-corrected chi connectivity index (χ4v) is 1.22. The zero-order valence-corrected chi connectivity index (χ0v) is 8.05. The van der Waals surface area contributed by atoms with Crippen LogP contribution in [0.5, 0.6) is 0 Å². The monoisotopic (exact) mass is 163 g/mol. The third-order valence-corrected chi connectivity index (χ3v) is 1.83. The molecule has 0 aliphatic rings. The van der Waals surface area contributed by atoms with E-state index in [-0.39, 0.29) is 0 Å². The summed E-state index contributed by atoms with van der Waals surface area (Å²) in [6.45, 7) is 2.25. The van der Waals surface area contributed by atoms with Gasteiger partial charge in [-0.25, -0.2) is 4.57 Å². The van der Waals surface area contributed by atoms with Crippen LogP contribution in [-0.4, -0.2) is 20.1 Å². The van der Waals surface area contributed by atoms with Gasteiger partial charge in [0.05, 0.1) is 0 Å². The molecular weight excluding hydrogens is 150 g/mol. The Morgan fingerprint density at radius 2 is 2.11 bits per heavy atom. The van der Waals surface area contributed by atoms with Gasteiger partial charge in [0.15, 0.2) is 0 Å². The summed E-state index contributed by atoms with van der Waals surface area (Å²) in [5.74, 6) is 2.32. The van der Waals surface area contributed by atoms with E-state index in [2.05, 4.69) is 12.7 Å². The second kappa shape index (κ2) is 15.8. The van der Waals surface area contributed by atoms with Crippen LogP contribution in [0.2, 0.25) is 11.1 Å². The molecule has 0 amide bonds. The predicted molar refractivity (Wildman–Crippen MR) is 41.2 cm³/mol. The van der Waals surface area contributed by atoms with E-state index in [1.54, 1.807) is 0 Å². The van der Waals surface area contributed by atoms with E-state index >= 15 is 0 Å². The van der Waals surface area contributed by atoms with Crippen molar-refractivity contribution in [3.8, 4) is 0 Å². The molecule has 0 saturated carbocycles. The molecule has 2 nitrogen and oxygen atoms in total. The molecule has 52 valence electrons. The number of hydrogen-bond acceptors (Lipinski definition) is 1. The van der Waals surface area contributed by atoms with Crippen molar-refractivity contribution in [1.29, 1.82) is 0 Å². The molecule has 9 heavy (non-hydrogen) atoms. The number of hydrogen-bond donors (Lipinski definition) is 1. The Kier molecular flexibility index (Phi) is 21.6. The molecule has 0 atom stereocenters. The summed E-state index contributed by atoms with van der Waals surface area (Å²) in [4.78, 5) is 6.99. The summed E-state index contributed by atoms with van der Waals surface area (Å²) < 4.78 is 8.46. The van der Waals surface area contributed by atoms with Crippen molar-refractivity contribution in [3.05, 3.63) is 0 Å². The third-order valence-electron chi connectivity index (χ3n) is 0.846. The van der Waals surface area contributed by atoms with Gasteiger partial charge < -0.3 is 4.89 Å². The molecule has 0 spiro atoms. The van der Waals surface area contributed by atoms with E-state index in [0.29, 0.717) is 0 Å². The minimum absolute atomic E-state index is 0.784. The predicted octanol–water partition coefficient (Wildman–Crippen LogP) is 2.14. The molecule has 0 aliphatic heterocycles. The van der Waals surface area contributed by atoms with E-state index in [9.17, 15) is 0 Å². The zero-order valence-electron chi connectivity index (χ0n) is 6.00. The first kappa shape index (κ1) is 12.3. The summed E-state index contributed by atoms with van der Waals surface area (Å²) in [5, 5.41) is 1.50. The van der Waals surface area contributed by atoms with E-state index < -0.39 is 8.69 Å². The third kappa shape index (κ3) is 28.9. The van der Waals surface area contributed by atoms with Gasteiger partial charge in [-0.05, 0) is 0 Å². The Balaban J connectivity index is 0. The van der Waals surface area contributed by atoms with Gasteiger partial charge in [0.25, 0.3) is 0 Å². The fraction of sp³-hybridized carbons (Fsp3) is 1.00. The molecule has 0 heterocycles. The first-order chi connectivity index (χ1) is 4.33. The topological polar surface area (TPSA) is 37.3 Å². The Morgan fingerprint density at radius 3 is 2.22 bits per heavy atom. The van der Waals surface area contributed by atoms with Gasteiger partial charge in [-0.3, -0.25) is 0 Å². The summed E-state index contributed by atoms with van der Waals surface area (Å²) in [6.07, 6.45) is 2.83. The number of unbranched alkanes of at least 4 members (excludes halogenated alkanes) is 1. The van der Waals surface area contributed by atoms with Crippen LogP contribution in [0.1, 0.15) is 19.8 Å². The second-order valence-corrected chi connectivity index (χ2v) is 3.19. The summed E-state index contributed by atoms with van der Waals surface area (Å²) >= 11 is 0.784. The molecule has 0 bridgehead atoms. The molecule has 0 aromatic heterocycles. The molecule has 0 fully saturated rings. The van der Waals surface area contributed by atoms with Crippen LogP contribution in [-0.2, 0) is 4.57 Å². The quantitative estimate of drug-likeness (QED) is 0.393. The van der Waals surface area contributed by atoms with Crippen molar-refractivity contribution in [1.82, 2.24) is 0 Å². The Bertz CT molecular complexity index is 48.2. The Hall–Kier alpha value is 0.592. The van der Waals surface area contributed by atoms with Crippen molar-refractivity contribution in [3.63, 3.8) is 0 Å². The van der Waals surface area contributed by atoms with Crippen LogP contribution < -0.4 is 0 Å². The van der Waals surface area contributed by atoms with Gasteiger partial charge in [-0.15, -0.1) is 0 Å². The van der Waals surface area contributed by atoms with Crippen LogP contribution in [0.25, 0.3) is 0 Å². The van der Waals surface area contributed by atoms with Crippen LogP contribution in [0.4, 0.5) is 0 Å². The smallest absolute Gasteiger partial charge is 0.310 e. The SMILES string of the molecule is CCC[CH2][Al+][CH3].O=PO. The molecule has 0 aromatic carbocycles. The van der Waals surface area contributed by atoms with Crippen LogP contribution in [0.15, 0.2) is 0 Å². The van der Waals surface area contributed by atoms with E-state index in [0.717, 1.165) is 15.2 Å².